The molecule has 0 bridgehead atoms. The van der Waals surface area contributed by atoms with Gasteiger partial charge in [0.1, 0.15) is 11.6 Å². The fraction of sp³-hybridized carbons (Fsp3) is 0.360. The third kappa shape index (κ3) is 3.53. The first-order valence-corrected chi connectivity index (χ1v) is 10.4. The Labute approximate surface area is 176 Å². The molecule has 1 heterocycles. The summed E-state index contributed by atoms with van der Waals surface area (Å²) in [6, 6.07) is 13.8. The van der Waals surface area contributed by atoms with Crippen molar-refractivity contribution >= 4 is 17.4 Å². The van der Waals surface area contributed by atoms with E-state index in [-0.39, 0.29) is 35.1 Å². The largest absolute Gasteiger partial charge is 0.494 e. The van der Waals surface area contributed by atoms with Crippen molar-refractivity contribution in [2.45, 2.75) is 46.0 Å². The third-order valence-corrected chi connectivity index (χ3v) is 5.83. The van der Waals surface area contributed by atoms with Gasteiger partial charge in [0.25, 0.3) is 0 Å². The summed E-state index contributed by atoms with van der Waals surface area (Å²) in [6.45, 7) is 6.42. The molecule has 0 fully saturated rings. The SMILES string of the molecule is CCOc1ccccc1C1CC(=O)N(c2ccccc2F)C2=C1C(=O)CC(C)(C)C2. The summed E-state index contributed by atoms with van der Waals surface area (Å²) in [5.74, 6) is -0.364. The number of rotatable bonds is 4. The Kier molecular flexibility index (Phi) is 5.22. The maximum absolute atomic E-state index is 14.7. The van der Waals surface area contributed by atoms with E-state index >= 15 is 0 Å². The van der Waals surface area contributed by atoms with Crippen LogP contribution >= 0.6 is 0 Å². The molecule has 2 aliphatic rings. The number of carbonyl (C=O) groups excluding carboxylic acids is 2. The Morgan fingerprint density at radius 2 is 1.77 bits per heavy atom. The molecule has 0 spiro atoms. The molecule has 2 aromatic rings. The molecular weight excluding hydrogens is 381 g/mol. The highest BCUT2D eigenvalue weighted by Crippen LogP contribution is 2.49. The van der Waals surface area contributed by atoms with Crippen LogP contribution in [0, 0.1) is 11.2 Å². The predicted molar refractivity (Wildman–Crippen MR) is 114 cm³/mol. The number of Topliss-reactive ketones (excluding diaryl/α,β-unsaturated/α-hetero) is 1. The average Bonchev–Trinajstić information content (AvgIpc) is 2.68. The highest BCUT2D eigenvalue weighted by Gasteiger charge is 2.45. The minimum Gasteiger partial charge on any atom is -0.494 e. The first-order valence-electron chi connectivity index (χ1n) is 10.4. The molecule has 4 nitrogen and oxygen atoms in total. The Bertz CT molecular complexity index is 1040. The zero-order valence-corrected chi connectivity index (χ0v) is 17.6. The molecule has 0 saturated carbocycles. The summed E-state index contributed by atoms with van der Waals surface area (Å²) in [5, 5.41) is 0. The van der Waals surface area contributed by atoms with Gasteiger partial charge in [-0.05, 0) is 37.0 Å². The molecule has 0 N–H and O–H groups in total. The minimum atomic E-state index is -0.471. The molecule has 1 aliphatic heterocycles. The molecule has 1 aliphatic carbocycles. The molecule has 2 aromatic carbocycles. The highest BCUT2D eigenvalue weighted by atomic mass is 19.1. The number of nitrogens with zero attached hydrogens (tertiary/aromatic N) is 1. The van der Waals surface area contributed by atoms with E-state index in [9.17, 15) is 14.0 Å². The summed E-state index contributed by atoms with van der Waals surface area (Å²) >= 11 is 0. The normalized spacial score (nSPS) is 20.9. The molecule has 0 radical (unpaired) electrons. The van der Waals surface area contributed by atoms with Crippen LogP contribution in [0.3, 0.4) is 0 Å². The van der Waals surface area contributed by atoms with Crippen molar-refractivity contribution in [2.24, 2.45) is 5.41 Å². The van der Waals surface area contributed by atoms with Crippen molar-refractivity contribution in [1.82, 2.24) is 0 Å². The van der Waals surface area contributed by atoms with Crippen molar-refractivity contribution < 1.29 is 18.7 Å². The number of halogens is 1. The topological polar surface area (TPSA) is 46.6 Å². The zero-order chi connectivity index (χ0) is 21.5. The molecule has 4 rings (SSSR count). The lowest BCUT2D eigenvalue weighted by Crippen LogP contribution is -2.44. The summed E-state index contributed by atoms with van der Waals surface area (Å²) < 4.78 is 20.5. The molecule has 1 unspecified atom stereocenters. The third-order valence-electron chi connectivity index (χ3n) is 5.83. The number of carbonyl (C=O) groups is 2. The van der Waals surface area contributed by atoms with Crippen LogP contribution in [0.5, 0.6) is 5.75 Å². The lowest BCUT2D eigenvalue weighted by Gasteiger charge is -2.43. The van der Waals surface area contributed by atoms with E-state index < -0.39 is 5.82 Å². The van der Waals surface area contributed by atoms with Gasteiger partial charge in [0.2, 0.25) is 5.91 Å². The van der Waals surface area contributed by atoms with Crippen molar-refractivity contribution in [1.29, 1.82) is 0 Å². The minimum absolute atomic E-state index is 0.0198. The smallest absolute Gasteiger partial charge is 0.232 e. The summed E-state index contributed by atoms with van der Waals surface area (Å²) in [4.78, 5) is 28.1. The van der Waals surface area contributed by atoms with Gasteiger partial charge in [-0.3, -0.25) is 14.5 Å². The van der Waals surface area contributed by atoms with Gasteiger partial charge in [-0.25, -0.2) is 4.39 Å². The van der Waals surface area contributed by atoms with Gasteiger partial charge >= 0.3 is 0 Å². The van der Waals surface area contributed by atoms with Crippen LogP contribution in [0.15, 0.2) is 59.8 Å². The molecule has 30 heavy (non-hydrogen) atoms. The predicted octanol–water partition coefficient (Wildman–Crippen LogP) is 5.39. The van der Waals surface area contributed by atoms with Crippen molar-refractivity contribution in [3.63, 3.8) is 0 Å². The first kappa shape index (κ1) is 20.3. The van der Waals surface area contributed by atoms with Crippen LogP contribution in [-0.2, 0) is 9.59 Å². The van der Waals surface area contributed by atoms with Gasteiger partial charge in [0.15, 0.2) is 5.78 Å². The second-order valence-electron chi connectivity index (χ2n) is 8.71. The lowest BCUT2D eigenvalue weighted by molar-refractivity contribution is -0.121. The quantitative estimate of drug-likeness (QED) is 0.683. The standard InChI is InChI=1S/C25H26FNO3/c1-4-30-22-12-8-5-9-16(22)17-13-23(29)27(19-11-7-6-10-18(19)26)20-14-25(2,3)15-21(28)24(17)20/h5-12,17H,4,13-15H2,1-3H3. The first-order chi connectivity index (χ1) is 14.3. The molecule has 156 valence electrons. The molecule has 5 heteroatoms. The molecule has 0 saturated heterocycles. The van der Waals surface area contributed by atoms with Crippen LogP contribution in [0.1, 0.15) is 51.5 Å². The Morgan fingerprint density at radius 1 is 1.07 bits per heavy atom. The van der Waals surface area contributed by atoms with E-state index in [4.69, 9.17) is 4.74 Å². The summed E-state index contributed by atoms with van der Waals surface area (Å²) in [7, 11) is 0. The van der Waals surface area contributed by atoms with Gasteiger partial charge in [0.05, 0.1) is 12.3 Å². The van der Waals surface area contributed by atoms with E-state index in [2.05, 4.69) is 0 Å². The lowest BCUT2D eigenvalue weighted by atomic mass is 9.69. The fourth-order valence-corrected chi connectivity index (χ4v) is 4.65. The number of para-hydroxylation sites is 2. The Morgan fingerprint density at radius 3 is 2.50 bits per heavy atom. The van der Waals surface area contributed by atoms with Crippen LogP contribution < -0.4 is 9.64 Å². The highest BCUT2D eigenvalue weighted by molar-refractivity contribution is 6.08. The van der Waals surface area contributed by atoms with Crippen molar-refractivity contribution in [2.75, 3.05) is 11.5 Å². The molecule has 0 aromatic heterocycles. The number of ketones is 1. The van der Waals surface area contributed by atoms with Gasteiger partial charge < -0.3 is 4.74 Å². The maximum atomic E-state index is 14.7. The second kappa shape index (κ2) is 7.71. The Balaban J connectivity index is 1.92. The zero-order valence-electron chi connectivity index (χ0n) is 17.6. The Hall–Kier alpha value is -2.95. The van der Waals surface area contributed by atoms with Crippen LogP contribution in [0.4, 0.5) is 10.1 Å². The summed E-state index contributed by atoms with van der Waals surface area (Å²) in [5.41, 5.74) is 1.97. The van der Waals surface area contributed by atoms with Crippen LogP contribution in [0.25, 0.3) is 0 Å². The number of amides is 1. The number of benzene rings is 2. The van der Waals surface area contributed by atoms with Crippen LogP contribution in [0.2, 0.25) is 0 Å². The molecule has 1 amide bonds. The molecule has 1 atom stereocenters. The van der Waals surface area contributed by atoms with Gasteiger partial charge in [0, 0.05) is 35.6 Å². The molecular formula is C25H26FNO3. The second-order valence-corrected chi connectivity index (χ2v) is 8.71. The van der Waals surface area contributed by atoms with E-state index in [1.807, 2.05) is 45.0 Å². The fourth-order valence-electron chi connectivity index (χ4n) is 4.65. The van der Waals surface area contributed by atoms with Gasteiger partial charge in [-0.2, -0.15) is 0 Å². The van der Waals surface area contributed by atoms with Crippen molar-refractivity contribution in [3.8, 4) is 5.75 Å². The monoisotopic (exact) mass is 407 g/mol. The van der Waals surface area contributed by atoms with E-state index in [0.29, 0.717) is 36.5 Å². The van der Waals surface area contributed by atoms with Crippen LogP contribution in [-0.4, -0.2) is 18.3 Å². The van der Waals surface area contributed by atoms with Crippen molar-refractivity contribution in [3.05, 3.63) is 71.2 Å². The number of anilines is 1. The number of hydrogen-bond acceptors (Lipinski definition) is 3. The average molecular weight is 407 g/mol. The van der Waals surface area contributed by atoms with Gasteiger partial charge in [-0.1, -0.05) is 44.2 Å². The number of allylic oxidation sites excluding steroid dienone is 2. The number of hydrogen-bond donors (Lipinski definition) is 0. The van der Waals surface area contributed by atoms with E-state index in [0.717, 1.165) is 5.56 Å². The van der Waals surface area contributed by atoms with Gasteiger partial charge in [-0.15, -0.1) is 0 Å². The number of ether oxygens (including phenoxy) is 1. The van der Waals surface area contributed by atoms with E-state index in [1.54, 1.807) is 18.2 Å². The maximum Gasteiger partial charge on any atom is 0.232 e. The summed E-state index contributed by atoms with van der Waals surface area (Å²) in [6.07, 6.45) is 1.03. The van der Waals surface area contributed by atoms with E-state index in [1.165, 1.54) is 11.0 Å².